The van der Waals surface area contributed by atoms with E-state index in [4.69, 9.17) is 0 Å². The Balaban J connectivity index is 1.69. The Morgan fingerprint density at radius 2 is 1.78 bits per heavy atom. The SMILES string of the molecule is O=C(NNS(=O)(=O)/C=C/c1ccccc1)c1cncn1-c1ccc(F)cc1. The molecule has 0 saturated carbocycles. The Bertz CT molecular complexity index is 1060. The minimum absolute atomic E-state index is 0.0800. The van der Waals surface area contributed by atoms with Crippen molar-refractivity contribution in [3.63, 3.8) is 0 Å². The number of amides is 1. The van der Waals surface area contributed by atoms with Gasteiger partial charge in [0.25, 0.3) is 15.9 Å². The number of halogens is 1. The van der Waals surface area contributed by atoms with Crippen LogP contribution in [0.3, 0.4) is 0 Å². The van der Waals surface area contributed by atoms with Crippen molar-refractivity contribution in [1.29, 1.82) is 0 Å². The maximum absolute atomic E-state index is 13.0. The predicted molar refractivity (Wildman–Crippen MR) is 98.5 cm³/mol. The number of nitrogens with zero attached hydrogens (tertiary/aromatic N) is 2. The van der Waals surface area contributed by atoms with E-state index in [-0.39, 0.29) is 5.69 Å². The summed E-state index contributed by atoms with van der Waals surface area (Å²) >= 11 is 0. The number of benzene rings is 2. The summed E-state index contributed by atoms with van der Waals surface area (Å²) in [5.41, 5.74) is 3.40. The first kappa shape index (κ1) is 18.5. The highest BCUT2D eigenvalue weighted by Gasteiger charge is 2.15. The summed E-state index contributed by atoms with van der Waals surface area (Å²) in [5, 5.41) is 0.944. The highest BCUT2D eigenvalue weighted by molar-refractivity contribution is 7.92. The Morgan fingerprint density at radius 1 is 1.07 bits per heavy atom. The van der Waals surface area contributed by atoms with E-state index in [2.05, 4.69) is 10.4 Å². The van der Waals surface area contributed by atoms with Crippen LogP contribution in [0.4, 0.5) is 4.39 Å². The third-order valence-corrected chi connectivity index (χ3v) is 4.40. The van der Waals surface area contributed by atoms with Crippen molar-refractivity contribution in [2.24, 2.45) is 0 Å². The smallest absolute Gasteiger partial charge is 0.284 e. The van der Waals surface area contributed by atoms with Gasteiger partial charge >= 0.3 is 0 Å². The van der Waals surface area contributed by atoms with E-state index in [1.54, 1.807) is 24.3 Å². The largest absolute Gasteiger partial charge is 0.295 e. The van der Waals surface area contributed by atoms with Gasteiger partial charge in [-0.25, -0.2) is 17.8 Å². The molecule has 0 unspecified atom stereocenters. The molecule has 0 aliphatic rings. The van der Waals surface area contributed by atoms with E-state index >= 15 is 0 Å². The summed E-state index contributed by atoms with van der Waals surface area (Å²) in [6, 6.07) is 14.3. The van der Waals surface area contributed by atoms with Gasteiger partial charge in [-0.3, -0.25) is 14.8 Å². The molecule has 1 aromatic heterocycles. The Morgan fingerprint density at radius 3 is 2.48 bits per heavy atom. The van der Waals surface area contributed by atoms with Gasteiger partial charge in [-0.05, 0) is 35.9 Å². The molecule has 2 aromatic carbocycles. The zero-order chi connectivity index (χ0) is 19.3. The van der Waals surface area contributed by atoms with Crippen LogP contribution in [0.25, 0.3) is 11.8 Å². The topological polar surface area (TPSA) is 93.1 Å². The van der Waals surface area contributed by atoms with Crippen molar-refractivity contribution in [1.82, 2.24) is 19.8 Å². The lowest BCUT2D eigenvalue weighted by Gasteiger charge is -2.09. The number of carbonyl (C=O) groups is 1. The van der Waals surface area contributed by atoms with Crippen LogP contribution in [0.5, 0.6) is 0 Å². The molecule has 7 nitrogen and oxygen atoms in total. The van der Waals surface area contributed by atoms with Gasteiger partial charge in [0.15, 0.2) is 0 Å². The number of hydrogen-bond acceptors (Lipinski definition) is 4. The summed E-state index contributed by atoms with van der Waals surface area (Å²) in [6.45, 7) is 0. The number of hydrazine groups is 1. The number of sulfonamides is 1. The van der Waals surface area contributed by atoms with Crippen molar-refractivity contribution < 1.29 is 17.6 Å². The van der Waals surface area contributed by atoms with Gasteiger partial charge in [0.05, 0.1) is 12.5 Å². The van der Waals surface area contributed by atoms with Crippen molar-refractivity contribution in [2.75, 3.05) is 0 Å². The van der Waals surface area contributed by atoms with Gasteiger partial charge in [-0.15, -0.1) is 4.83 Å². The molecule has 0 fully saturated rings. The number of nitrogens with one attached hydrogen (secondary N) is 2. The molecule has 0 radical (unpaired) electrons. The lowest BCUT2D eigenvalue weighted by molar-refractivity contribution is 0.0938. The molecule has 2 N–H and O–H groups in total. The first-order chi connectivity index (χ1) is 12.9. The van der Waals surface area contributed by atoms with Crippen molar-refractivity contribution in [3.05, 3.63) is 89.6 Å². The highest BCUT2D eigenvalue weighted by Crippen LogP contribution is 2.12. The quantitative estimate of drug-likeness (QED) is 0.636. The van der Waals surface area contributed by atoms with Crippen LogP contribution in [-0.2, 0) is 10.0 Å². The third-order valence-electron chi connectivity index (χ3n) is 3.52. The fourth-order valence-corrected chi connectivity index (χ4v) is 2.86. The standard InChI is InChI=1S/C18H15FN4O3S/c19-15-6-8-16(9-7-15)23-13-20-12-17(23)18(24)21-22-27(25,26)11-10-14-4-2-1-3-5-14/h1-13,22H,(H,21,24)/b11-10+. The second kappa shape index (κ2) is 7.94. The van der Waals surface area contributed by atoms with Crippen LogP contribution >= 0.6 is 0 Å². The van der Waals surface area contributed by atoms with Crippen LogP contribution in [-0.4, -0.2) is 23.9 Å². The van der Waals surface area contributed by atoms with Gasteiger partial charge in [0.1, 0.15) is 11.5 Å². The first-order valence-corrected chi connectivity index (χ1v) is 9.33. The highest BCUT2D eigenvalue weighted by atomic mass is 32.2. The molecular weight excluding hydrogens is 371 g/mol. The van der Waals surface area contributed by atoms with Crippen LogP contribution < -0.4 is 10.3 Å². The lowest BCUT2D eigenvalue weighted by atomic mass is 10.2. The number of rotatable bonds is 6. The molecule has 0 atom stereocenters. The molecule has 0 aliphatic carbocycles. The van der Waals surface area contributed by atoms with E-state index in [0.29, 0.717) is 11.3 Å². The van der Waals surface area contributed by atoms with Crippen LogP contribution in [0, 0.1) is 5.82 Å². The zero-order valence-electron chi connectivity index (χ0n) is 13.9. The number of imidazole rings is 1. The summed E-state index contributed by atoms with van der Waals surface area (Å²) < 4.78 is 38.4. The molecule has 1 amide bonds. The fraction of sp³-hybridized carbons (Fsp3) is 0. The van der Waals surface area contributed by atoms with Crippen molar-refractivity contribution in [2.45, 2.75) is 0 Å². The first-order valence-electron chi connectivity index (χ1n) is 7.78. The molecule has 0 aliphatic heterocycles. The number of aromatic nitrogens is 2. The Kier molecular flexibility index (Phi) is 5.43. The average molecular weight is 386 g/mol. The molecule has 1 heterocycles. The molecule has 0 bridgehead atoms. The number of hydrogen-bond donors (Lipinski definition) is 2. The third kappa shape index (κ3) is 4.87. The predicted octanol–water partition coefficient (Wildman–Crippen LogP) is 2.25. The molecule has 27 heavy (non-hydrogen) atoms. The molecule has 3 rings (SSSR count). The van der Waals surface area contributed by atoms with Gasteiger partial charge < -0.3 is 0 Å². The lowest BCUT2D eigenvalue weighted by Crippen LogP contribution is -2.41. The van der Waals surface area contributed by atoms with E-state index < -0.39 is 21.7 Å². The molecule has 0 saturated heterocycles. The minimum Gasteiger partial charge on any atom is -0.295 e. The zero-order valence-corrected chi connectivity index (χ0v) is 14.7. The van der Waals surface area contributed by atoms with Crippen molar-refractivity contribution in [3.8, 4) is 5.69 Å². The Labute approximate surface area is 155 Å². The van der Waals surface area contributed by atoms with E-state index in [1.807, 2.05) is 10.9 Å². The van der Waals surface area contributed by atoms with E-state index in [0.717, 1.165) is 5.41 Å². The minimum atomic E-state index is -3.89. The van der Waals surface area contributed by atoms with Crippen LogP contribution in [0.15, 0.2) is 72.5 Å². The summed E-state index contributed by atoms with van der Waals surface area (Å²) in [5.74, 6) is -1.13. The van der Waals surface area contributed by atoms with Gasteiger partial charge in [0, 0.05) is 11.1 Å². The van der Waals surface area contributed by atoms with Gasteiger partial charge in [0.2, 0.25) is 0 Å². The normalized spacial score (nSPS) is 11.6. The molecule has 0 spiro atoms. The maximum atomic E-state index is 13.0. The number of carbonyl (C=O) groups excluding carboxylic acids is 1. The van der Waals surface area contributed by atoms with Crippen LogP contribution in [0.2, 0.25) is 0 Å². The second-order valence-electron chi connectivity index (χ2n) is 5.44. The summed E-state index contributed by atoms with van der Waals surface area (Å²) in [4.78, 5) is 18.2. The van der Waals surface area contributed by atoms with Crippen LogP contribution in [0.1, 0.15) is 16.1 Å². The van der Waals surface area contributed by atoms with Gasteiger partial charge in [-0.2, -0.15) is 0 Å². The second-order valence-corrected chi connectivity index (χ2v) is 7.01. The van der Waals surface area contributed by atoms with Gasteiger partial charge in [-0.1, -0.05) is 30.3 Å². The average Bonchev–Trinajstić information content (AvgIpc) is 3.16. The summed E-state index contributed by atoms with van der Waals surface area (Å²) in [7, 11) is -3.89. The molecule has 3 aromatic rings. The molecule has 138 valence electrons. The van der Waals surface area contributed by atoms with E-state index in [1.165, 1.54) is 47.4 Å². The fourth-order valence-electron chi connectivity index (χ4n) is 2.22. The molecular formula is C18H15FN4O3S. The Hall–Kier alpha value is -3.30. The van der Waals surface area contributed by atoms with E-state index in [9.17, 15) is 17.6 Å². The molecule has 9 heteroatoms. The van der Waals surface area contributed by atoms with Crippen molar-refractivity contribution >= 4 is 22.0 Å². The monoisotopic (exact) mass is 386 g/mol. The maximum Gasteiger partial charge on any atom is 0.284 e. The summed E-state index contributed by atoms with van der Waals surface area (Å²) in [6.07, 6.45) is 4.04.